The van der Waals surface area contributed by atoms with Gasteiger partial charge in [0.15, 0.2) is 6.61 Å². The van der Waals surface area contributed by atoms with Crippen LogP contribution in [0.25, 0.3) is 0 Å². The first-order chi connectivity index (χ1) is 10.6. The molecule has 0 aliphatic carbocycles. The first-order valence-electron chi connectivity index (χ1n) is 6.68. The highest BCUT2D eigenvalue weighted by molar-refractivity contribution is 5.82. The molecule has 1 aromatic rings. The number of nitrogens with one attached hydrogen (secondary N) is 2. The zero-order chi connectivity index (χ0) is 17.1. The van der Waals surface area contributed by atoms with Crippen LogP contribution in [0.3, 0.4) is 0 Å². The minimum atomic E-state index is -4.48. The average Bonchev–Trinajstić information content (AvgIpc) is 2.83. The van der Waals surface area contributed by atoms with Gasteiger partial charge in [-0.05, 0) is 11.6 Å². The molecule has 128 valence electrons. The van der Waals surface area contributed by atoms with Crippen LogP contribution in [0.15, 0.2) is 18.3 Å². The van der Waals surface area contributed by atoms with Gasteiger partial charge in [0.2, 0.25) is 11.8 Å². The van der Waals surface area contributed by atoms with Gasteiger partial charge in [0, 0.05) is 25.2 Å². The molecule has 1 amide bonds. The third-order valence-corrected chi connectivity index (χ3v) is 3.08. The second-order valence-corrected chi connectivity index (χ2v) is 5.12. The van der Waals surface area contributed by atoms with Crippen LogP contribution < -0.4 is 15.4 Å². The Balaban J connectivity index is 1.85. The molecule has 0 bridgehead atoms. The maximum Gasteiger partial charge on any atom is 0.422 e. The number of nitrogens with zero attached hydrogens (tertiary/aromatic N) is 1. The Morgan fingerprint density at radius 3 is 2.83 bits per heavy atom. The van der Waals surface area contributed by atoms with Crippen molar-refractivity contribution in [3.05, 3.63) is 23.9 Å². The Bertz CT molecular complexity index is 565. The Kier molecular flexibility index (Phi) is 5.03. The SMILES string of the molecule is O=C(NCc1ccnc(OCC(F)(F)F)c1)C1CC(F)(F)CN1. The molecule has 0 spiro atoms. The van der Waals surface area contributed by atoms with Crippen molar-refractivity contribution >= 4 is 5.91 Å². The molecule has 1 fully saturated rings. The van der Waals surface area contributed by atoms with Crippen LogP contribution in [0.4, 0.5) is 22.0 Å². The zero-order valence-electron chi connectivity index (χ0n) is 11.8. The number of carbonyl (C=O) groups is 1. The third kappa shape index (κ3) is 5.62. The summed E-state index contributed by atoms with van der Waals surface area (Å²) < 4.78 is 66.6. The number of hydrogen-bond acceptors (Lipinski definition) is 4. The molecule has 1 aliphatic heterocycles. The summed E-state index contributed by atoms with van der Waals surface area (Å²) in [6.45, 7) is -2.07. The summed E-state index contributed by atoms with van der Waals surface area (Å²) in [7, 11) is 0. The molecule has 1 aliphatic rings. The largest absolute Gasteiger partial charge is 0.468 e. The Hall–Kier alpha value is -1.97. The van der Waals surface area contributed by atoms with E-state index in [1.54, 1.807) is 0 Å². The predicted octanol–water partition coefficient (Wildman–Crippen LogP) is 1.64. The van der Waals surface area contributed by atoms with E-state index < -0.39 is 43.6 Å². The molecule has 0 aromatic carbocycles. The van der Waals surface area contributed by atoms with E-state index in [1.807, 2.05) is 0 Å². The average molecular weight is 339 g/mol. The Morgan fingerprint density at radius 1 is 1.48 bits per heavy atom. The molecular formula is C13H14F5N3O2. The molecule has 10 heteroatoms. The summed E-state index contributed by atoms with van der Waals surface area (Å²) in [5.41, 5.74) is 0.440. The molecule has 0 saturated carbocycles. The topological polar surface area (TPSA) is 63.2 Å². The fourth-order valence-electron chi connectivity index (χ4n) is 2.01. The van der Waals surface area contributed by atoms with Gasteiger partial charge in [0.25, 0.3) is 5.92 Å². The molecule has 1 saturated heterocycles. The summed E-state index contributed by atoms with van der Waals surface area (Å²) >= 11 is 0. The van der Waals surface area contributed by atoms with E-state index in [9.17, 15) is 26.7 Å². The van der Waals surface area contributed by atoms with Crippen molar-refractivity contribution in [3.63, 3.8) is 0 Å². The van der Waals surface area contributed by atoms with Crippen LogP contribution in [-0.4, -0.2) is 42.2 Å². The van der Waals surface area contributed by atoms with Crippen molar-refractivity contribution < 1.29 is 31.5 Å². The number of aromatic nitrogens is 1. The van der Waals surface area contributed by atoms with E-state index in [2.05, 4.69) is 20.4 Å². The molecule has 0 radical (unpaired) electrons. The van der Waals surface area contributed by atoms with Crippen LogP contribution in [0, 0.1) is 0 Å². The lowest BCUT2D eigenvalue weighted by molar-refractivity contribution is -0.154. The number of rotatable bonds is 5. The van der Waals surface area contributed by atoms with Crippen LogP contribution in [-0.2, 0) is 11.3 Å². The first-order valence-corrected chi connectivity index (χ1v) is 6.68. The summed E-state index contributed by atoms with van der Waals surface area (Å²) in [6, 6.07) is 1.72. The molecule has 2 N–H and O–H groups in total. The summed E-state index contributed by atoms with van der Waals surface area (Å²) in [6.07, 6.45) is -3.84. The molecule has 1 unspecified atom stereocenters. The van der Waals surface area contributed by atoms with E-state index >= 15 is 0 Å². The van der Waals surface area contributed by atoms with Gasteiger partial charge in [0.05, 0.1) is 12.6 Å². The first kappa shape index (κ1) is 17.4. The van der Waals surface area contributed by atoms with E-state index in [0.29, 0.717) is 5.56 Å². The van der Waals surface area contributed by atoms with Gasteiger partial charge in [-0.2, -0.15) is 13.2 Å². The monoisotopic (exact) mass is 339 g/mol. The van der Waals surface area contributed by atoms with Gasteiger partial charge in [-0.1, -0.05) is 0 Å². The lowest BCUT2D eigenvalue weighted by Gasteiger charge is -2.12. The van der Waals surface area contributed by atoms with Crippen LogP contribution in [0.1, 0.15) is 12.0 Å². The van der Waals surface area contributed by atoms with Gasteiger partial charge in [-0.3, -0.25) is 10.1 Å². The quantitative estimate of drug-likeness (QED) is 0.801. The second-order valence-electron chi connectivity index (χ2n) is 5.12. The second kappa shape index (κ2) is 6.65. The normalized spacial score (nSPS) is 20.3. The standard InChI is InChI=1S/C13H14F5N3O2/c14-12(15)4-9(21-6-12)11(22)20-5-8-1-2-19-10(3-8)23-7-13(16,17)18/h1-3,9,21H,4-7H2,(H,20,22). The summed E-state index contributed by atoms with van der Waals surface area (Å²) in [4.78, 5) is 15.4. The number of ether oxygens (including phenoxy) is 1. The Labute approximate surface area is 128 Å². The highest BCUT2D eigenvalue weighted by Gasteiger charge is 2.42. The maximum atomic E-state index is 13.0. The van der Waals surface area contributed by atoms with Gasteiger partial charge < -0.3 is 10.1 Å². The fourth-order valence-corrected chi connectivity index (χ4v) is 2.01. The van der Waals surface area contributed by atoms with Gasteiger partial charge in [-0.15, -0.1) is 0 Å². The van der Waals surface area contributed by atoms with Crippen LogP contribution in [0.2, 0.25) is 0 Å². The van der Waals surface area contributed by atoms with E-state index in [0.717, 1.165) is 0 Å². The van der Waals surface area contributed by atoms with Crippen molar-refractivity contribution in [1.82, 2.24) is 15.6 Å². The molecule has 5 nitrogen and oxygen atoms in total. The van der Waals surface area contributed by atoms with Crippen LogP contribution >= 0.6 is 0 Å². The predicted molar refractivity (Wildman–Crippen MR) is 69.0 cm³/mol. The van der Waals surface area contributed by atoms with Crippen LogP contribution in [0.5, 0.6) is 5.88 Å². The Morgan fingerprint density at radius 2 is 2.22 bits per heavy atom. The number of carbonyl (C=O) groups excluding carboxylic acids is 1. The fraction of sp³-hybridized carbons (Fsp3) is 0.538. The molecule has 2 rings (SSSR count). The highest BCUT2D eigenvalue weighted by Crippen LogP contribution is 2.25. The lowest BCUT2D eigenvalue weighted by atomic mass is 10.2. The minimum absolute atomic E-state index is 0.0342. The smallest absolute Gasteiger partial charge is 0.422 e. The van der Waals surface area contributed by atoms with Crippen molar-refractivity contribution in [3.8, 4) is 5.88 Å². The van der Waals surface area contributed by atoms with E-state index in [4.69, 9.17) is 0 Å². The van der Waals surface area contributed by atoms with Crippen molar-refractivity contribution in [1.29, 1.82) is 0 Å². The molecule has 1 atom stereocenters. The third-order valence-electron chi connectivity index (χ3n) is 3.08. The zero-order valence-corrected chi connectivity index (χ0v) is 11.8. The molecule has 2 heterocycles. The number of amides is 1. The van der Waals surface area contributed by atoms with Gasteiger partial charge in [0.1, 0.15) is 0 Å². The molecule has 23 heavy (non-hydrogen) atoms. The molecule has 1 aromatic heterocycles. The van der Waals surface area contributed by atoms with E-state index in [-0.39, 0.29) is 12.4 Å². The lowest BCUT2D eigenvalue weighted by Crippen LogP contribution is -2.40. The van der Waals surface area contributed by atoms with Crippen molar-refractivity contribution in [2.75, 3.05) is 13.2 Å². The van der Waals surface area contributed by atoms with Crippen molar-refractivity contribution in [2.45, 2.75) is 31.1 Å². The number of hydrogen-bond donors (Lipinski definition) is 2. The summed E-state index contributed by atoms with van der Waals surface area (Å²) in [5.74, 6) is -3.76. The highest BCUT2D eigenvalue weighted by atomic mass is 19.4. The van der Waals surface area contributed by atoms with Gasteiger partial charge in [-0.25, -0.2) is 13.8 Å². The number of alkyl halides is 5. The van der Waals surface area contributed by atoms with Crippen molar-refractivity contribution in [2.24, 2.45) is 0 Å². The number of pyridine rings is 1. The molecular weight excluding hydrogens is 325 g/mol. The maximum absolute atomic E-state index is 13.0. The number of halogens is 5. The van der Waals surface area contributed by atoms with Gasteiger partial charge >= 0.3 is 6.18 Å². The van der Waals surface area contributed by atoms with E-state index in [1.165, 1.54) is 18.3 Å². The summed E-state index contributed by atoms with van der Waals surface area (Å²) in [5, 5.41) is 4.85. The minimum Gasteiger partial charge on any atom is -0.468 e.